The molecule has 1 aliphatic rings. The summed E-state index contributed by atoms with van der Waals surface area (Å²) in [6, 6.07) is 1.70. The molecule has 1 fully saturated rings. The molecule has 0 saturated heterocycles. The molecule has 7 heteroatoms. The van der Waals surface area contributed by atoms with E-state index in [9.17, 15) is 4.21 Å². The van der Waals surface area contributed by atoms with Crippen LogP contribution >= 0.6 is 11.6 Å². The third-order valence-corrected chi connectivity index (χ3v) is 6.58. The molecule has 0 spiro atoms. The van der Waals surface area contributed by atoms with Gasteiger partial charge in [-0.25, -0.2) is 9.97 Å². The Bertz CT molecular complexity index is 787. The Morgan fingerprint density at radius 1 is 1.35 bits per heavy atom. The number of nitrogens with two attached hydrogens (primary N) is 1. The van der Waals surface area contributed by atoms with Gasteiger partial charge in [-0.2, -0.15) is 0 Å². The summed E-state index contributed by atoms with van der Waals surface area (Å²) in [7, 11) is -0.820. The van der Waals surface area contributed by atoms with E-state index in [1.807, 2.05) is 26.8 Å². The fraction of sp³-hybridized carbons (Fsp3) is 0.579. The highest BCUT2D eigenvalue weighted by molar-refractivity contribution is 7.85. The minimum absolute atomic E-state index is 0.0241. The number of nitrogens with zero attached hydrogens (tertiary/aromatic N) is 2. The van der Waals surface area contributed by atoms with Crippen LogP contribution in [-0.2, 0) is 10.8 Å². The molecule has 26 heavy (non-hydrogen) atoms. The Hall–Kier alpha value is -1.24. The van der Waals surface area contributed by atoms with Crippen molar-refractivity contribution in [2.24, 2.45) is 11.7 Å². The molecule has 2 N–H and O–H groups in total. The van der Waals surface area contributed by atoms with E-state index in [4.69, 9.17) is 22.1 Å². The molecular weight excluding hydrogens is 370 g/mol. The van der Waals surface area contributed by atoms with Gasteiger partial charge in [0.2, 0.25) is 5.88 Å². The largest absolute Gasteiger partial charge is 0.473 e. The number of fused-ring (bicyclic) bond motifs is 1. The van der Waals surface area contributed by atoms with Crippen molar-refractivity contribution < 1.29 is 8.95 Å². The summed E-state index contributed by atoms with van der Waals surface area (Å²) in [5.74, 6) is 0.781. The number of hydrogen-bond acceptors (Lipinski definition) is 5. The van der Waals surface area contributed by atoms with Gasteiger partial charge in [0.05, 0.1) is 5.39 Å². The van der Waals surface area contributed by atoms with Gasteiger partial charge in [0.15, 0.2) is 0 Å². The Morgan fingerprint density at radius 3 is 2.62 bits per heavy atom. The molecule has 0 aliphatic heterocycles. The van der Waals surface area contributed by atoms with Crippen molar-refractivity contribution in [2.75, 3.05) is 6.26 Å². The first-order chi connectivity index (χ1) is 12.4. The second-order valence-electron chi connectivity index (χ2n) is 6.37. The average molecular weight is 398 g/mol. The highest BCUT2D eigenvalue weighted by Gasteiger charge is 2.42. The van der Waals surface area contributed by atoms with Gasteiger partial charge in [-0.15, -0.1) is 0 Å². The predicted octanol–water partition coefficient (Wildman–Crippen LogP) is 4.25. The molecule has 5 nitrogen and oxygen atoms in total. The van der Waals surface area contributed by atoms with Crippen molar-refractivity contribution in [3.8, 4) is 5.88 Å². The third-order valence-electron chi connectivity index (χ3n) is 4.90. The van der Waals surface area contributed by atoms with Gasteiger partial charge in [-0.05, 0) is 29.9 Å². The van der Waals surface area contributed by atoms with Crippen LogP contribution in [0, 0.1) is 5.92 Å². The Kier molecular flexibility index (Phi) is 7.38. The van der Waals surface area contributed by atoms with E-state index in [1.54, 1.807) is 18.6 Å². The molecule has 144 valence electrons. The number of rotatable bonds is 5. The number of ether oxygens (including phenoxy) is 1. The van der Waals surface area contributed by atoms with Gasteiger partial charge >= 0.3 is 0 Å². The number of halogens is 1. The zero-order valence-corrected chi connectivity index (χ0v) is 17.6. The molecule has 2 aromatic heterocycles. The summed E-state index contributed by atoms with van der Waals surface area (Å²) >= 11 is 6.07. The first-order valence-corrected chi connectivity index (χ1v) is 11.1. The molecule has 0 amide bonds. The normalized spacial score (nSPS) is 24.2. The van der Waals surface area contributed by atoms with Crippen molar-refractivity contribution in [1.82, 2.24) is 9.97 Å². The minimum Gasteiger partial charge on any atom is -0.473 e. The van der Waals surface area contributed by atoms with E-state index in [-0.39, 0.29) is 23.3 Å². The highest BCUT2D eigenvalue weighted by atomic mass is 35.5. The van der Waals surface area contributed by atoms with Gasteiger partial charge in [-0.3, -0.25) is 4.21 Å². The molecule has 2 aromatic rings. The molecule has 0 aromatic carbocycles. The SMILES string of the molecule is CC.CCC(N)c1cnc(O[C@@H]2C[C@H](S(C)=O)C2C)c2cnc(Cl)cc12. The first-order valence-electron chi connectivity index (χ1n) is 9.11. The first kappa shape index (κ1) is 21.1. The molecule has 3 unspecified atom stereocenters. The zero-order chi connectivity index (χ0) is 19.4. The minimum atomic E-state index is -0.820. The molecule has 1 aliphatic carbocycles. The molecule has 3 rings (SSSR count). The number of pyridine rings is 2. The van der Waals surface area contributed by atoms with Crippen molar-refractivity contribution in [1.29, 1.82) is 0 Å². The van der Waals surface area contributed by atoms with Crippen LogP contribution < -0.4 is 10.5 Å². The molecule has 2 heterocycles. The van der Waals surface area contributed by atoms with Gasteiger partial charge in [0, 0.05) is 46.7 Å². The topological polar surface area (TPSA) is 78.1 Å². The monoisotopic (exact) mass is 397 g/mol. The molecule has 0 bridgehead atoms. The maximum Gasteiger partial charge on any atom is 0.223 e. The van der Waals surface area contributed by atoms with E-state index >= 15 is 0 Å². The van der Waals surface area contributed by atoms with E-state index < -0.39 is 10.8 Å². The fourth-order valence-corrected chi connectivity index (χ4v) is 4.55. The Balaban J connectivity index is 0.00000117. The van der Waals surface area contributed by atoms with Gasteiger partial charge in [0.1, 0.15) is 11.3 Å². The second kappa shape index (κ2) is 9.11. The number of hydrogen-bond donors (Lipinski definition) is 1. The molecule has 5 atom stereocenters. The summed E-state index contributed by atoms with van der Waals surface area (Å²) in [4.78, 5) is 8.63. The fourth-order valence-electron chi connectivity index (χ4n) is 3.15. The Labute approximate surface area is 163 Å². The molecular formula is C19H28ClN3O2S. The van der Waals surface area contributed by atoms with Gasteiger partial charge < -0.3 is 10.5 Å². The lowest BCUT2D eigenvalue weighted by molar-refractivity contribution is 0.0606. The van der Waals surface area contributed by atoms with Crippen LogP contribution in [0.2, 0.25) is 5.15 Å². The van der Waals surface area contributed by atoms with Crippen LogP contribution in [0.3, 0.4) is 0 Å². The van der Waals surface area contributed by atoms with Crippen molar-refractivity contribution in [3.05, 3.63) is 29.2 Å². The summed E-state index contributed by atoms with van der Waals surface area (Å²) in [5.41, 5.74) is 7.14. The van der Waals surface area contributed by atoms with E-state index in [2.05, 4.69) is 16.9 Å². The lowest BCUT2D eigenvalue weighted by Crippen LogP contribution is -2.49. The summed E-state index contributed by atoms with van der Waals surface area (Å²) in [5, 5.41) is 2.36. The standard InChI is InChI=1S/C17H22ClN3O2S.C2H6/c1-4-13(19)11-7-21-17(12-8-20-16(18)5-10(11)12)23-14-6-15(9(14)2)24(3)22;1-2/h5,7-9,13-15H,4,6,19H2,1-3H3;1-2H3/t9?,13?,14-,15+,24?;/m1./s1. The van der Waals surface area contributed by atoms with Crippen LogP contribution in [0.5, 0.6) is 5.88 Å². The van der Waals surface area contributed by atoms with Gasteiger partial charge in [-0.1, -0.05) is 39.3 Å². The quantitative estimate of drug-likeness (QED) is 0.763. The average Bonchev–Trinajstić information content (AvgIpc) is 2.64. The molecule has 0 radical (unpaired) electrons. The van der Waals surface area contributed by atoms with Crippen LogP contribution in [0.15, 0.2) is 18.5 Å². The van der Waals surface area contributed by atoms with Crippen LogP contribution in [0.25, 0.3) is 10.8 Å². The summed E-state index contributed by atoms with van der Waals surface area (Å²) in [6.07, 6.45) is 6.81. The predicted molar refractivity (Wildman–Crippen MR) is 109 cm³/mol. The summed E-state index contributed by atoms with van der Waals surface area (Å²) < 4.78 is 17.7. The maximum atomic E-state index is 11.6. The second-order valence-corrected chi connectivity index (χ2v) is 8.36. The third kappa shape index (κ3) is 4.18. The molecule has 1 saturated carbocycles. The van der Waals surface area contributed by atoms with Crippen molar-refractivity contribution in [3.63, 3.8) is 0 Å². The zero-order valence-electron chi connectivity index (χ0n) is 16.0. The van der Waals surface area contributed by atoms with Crippen LogP contribution in [0.1, 0.15) is 52.1 Å². The van der Waals surface area contributed by atoms with Crippen LogP contribution in [0.4, 0.5) is 0 Å². The van der Waals surface area contributed by atoms with Crippen molar-refractivity contribution in [2.45, 2.75) is 57.9 Å². The van der Waals surface area contributed by atoms with Crippen LogP contribution in [-0.4, -0.2) is 31.8 Å². The maximum absolute atomic E-state index is 11.6. The smallest absolute Gasteiger partial charge is 0.223 e. The van der Waals surface area contributed by atoms with Gasteiger partial charge in [0.25, 0.3) is 0 Å². The lowest BCUT2D eigenvalue weighted by Gasteiger charge is -2.40. The van der Waals surface area contributed by atoms with E-state index in [0.717, 1.165) is 29.2 Å². The van der Waals surface area contributed by atoms with E-state index in [0.29, 0.717) is 11.0 Å². The summed E-state index contributed by atoms with van der Waals surface area (Å²) in [6.45, 7) is 8.10. The van der Waals surface area contributed by atoms with E-state index in [1.165, 1.54) is 0 Å². The Morgan fingerprint density at radius 2 is 2.04 bits per heavy atom. The number of aromatic nitrogens is 2. The highest BCUT2D eigenvalue weighted by Crippen LogP contribution is 2.37. The lowest BCUT2D eigenvalue weighted by atomic mass is 9.83. The van der Waals surface area contributed by atoms with Crippen molar-refractivity contribution >= 4 is 33.2 Å².